The SMILES string of the molecule is Cc1c(C=O)c2ccccc2n1C[C@H](O)CN1CCCC1. The fraction of sp³-hybridized carbons (Fsp3) is 0.471. The minimum absolute atomic E-state index is 0.405. The number of fused-ring (bicyclic) bond motifs is 1. The highest BCUT2D eigenvalue weighted by Gasteiger charge is 2.19. The zero-order valence-corrected chi connectivity index (χ0v) is 12.5. The van der Waals surface area contributed by atoms with Crippen molar-refractivity contribution in [2.45, 2.75) is 32.4 Å². The Morgan fingerprint density at radius 3 is 2.67 bits per heavy atom. The van der Waals surface area contributed by atoms with E-state index in [1.807, 2.05) is 31.2 Å². The van der Waals surface area contributed by atoms with Crippen LogP contribution in [0.2, 0.25) is 0 Å². The zero-order chi connectivity index (χ0) is 14.8. The number of benzene rings is 1. The zero-order valence-electron chi connectivity index (χ0n) is 12.5. The van der Waals surface area contributed by atoms with E-state index in [1.54, 1.807) is 0 Å². The van der Waals surface area contributed by atoms with Crippen LogP contribution in [0.15, 0.2) is 24.3 Å². The van der Waals surface area contributed by atoms with Gasteiger partial charge >= 0.3 is 0 Å². The van der Waals surface area contributed by atoms with Crippen molar-refractivity contribution in [3.63, 3.8) is 0 Å². The Hall–Kier alpha value is -1.65. The maximum absolute atomic E-state index is 11.3. The molecular weight excluding hydrogens is 264 g/mol. The summed E-state index contributed by atoms with van der Waals surface area (Å²) in [6.45, 7) is 5.37. The Kier molecular flexibility index (Phi) is 4.08. The van der Waals surface area contributed by atoms with Gasteiger partial charge in [0.1, 0.15) is 0 Å². The summed E-state index contributed by atoms with van der Waals surface area (Å²) < 4.78 is 2.07. The Bertz CT molecular complexity index is 642. The molecule has 0 bridgehead atoms. The molecule has 0 radical (unpaired) electrons. The van der Waals surface area contributed by atoms with Crippen LogP contribution < -0.4 is 0 Å². The van der Waals surface area contributed by atoms with E-state index in [0.717, 1.165) is 41.5 Å². The number of aldehydes is 1. The first-order valence-corrected chi connectivity index (χ1v) is 7.64. The topological polar surface area (TPSA) is 45.5 Å². The minimum Gasteiger partial charge on any atom is -0.390 e. The van der Waals surface area contributed by atoms with Gasteiger partial charge in [0.25, 0.3) is 0 Å². The van der Waals surface area contributed by atoms with Crippen LogP contribution >= 0.6 is 0 Å². The van der Waals surface area contributed by atoms with Crippen molar-refractivity contribution >= 4 is 17.2 Å². The van der Waals surface area contributed by atoms with Crippen LogP contribution in [-0.2, 0) is 6.54 Å². The molecule has 1 aliphatic heterocycles. The van der Waals surface area contributed by atoms with Crippen molar-refractivity contribution in [2.24, 2.45) is 0 Å². The fourth-order valence-electron chi connectivity index (χ4n) is 3.37. The average Bonchev–Trinajstić information content (AvgIpc) is 3.07. The van der Waals surface area contributed by atoms with E-state index in [2.05, 4.69) is 9.47 Å². The highest BCUT2D eigenvalue weighted by Crippen LogP contribution is 2.24. The molecule has 1 saturated heterocycles. The summed E-state index contributed by atoms with van der Waals surface area (Å²) in [6, 6.07) is 7.90. The number of carbonyl (C=O) groups excluding carboxylic acids is 1. The van der Waals surface area contributed by atoms with E-state index in [9.17, 15) is 9.90 Å². The molecule has 2 aromatic rings. The minimum atomic E-state index is -0.405. The van der Waals surface area contributed by atoms with Crippen LogP contribution in [0.3, 0.4) is 0 Å². The largest absolute Gasteiger partial charge is 0.390 e. The van der Waals surface area contributed by atoms with Crippen molar-refractivity contribution in [2.75, 3.05) is 19.6 Å². The molecule has 4 nitrogen and oxygen atoms in total. The molecule has 2 heterocycles. The van der Waals surface area contributed by atoms with Crippen molar-refractivity contribution in [3.05, 3.63) is 35.5 Å². The number of likely N-dealkylation sites (tertiary alicyclic amines) is 1. The molecule has 21 heavy (non-hydrogen) atoms. The van der Waals surface area contributed by atoms with Gasteiger partial charge in [-0.1, -0.05) is 18.2 Å². The predicted molar refractivity (Wildman–Crippen MR) is 83.7 cm³/mol. The van der Waals surface area contributed by atoms with Crippen LogP contribution in [0.25, 0.3) is 10.9 Å². The molecule has 112 valence electrons. The quantitative estimate of drug-likeness (QED) is 0.857. The maximum atomic E-state index is 11.3. The third kappa shape index (κ3) is 2.74. The van der Waals surface area contributed by atoms with Gasteiger partial charge in [-0.15, -0.1) is 0 Å². The van der Waals surface area contributed by atoms with E-state index in [0.29, 0.717) is 13.1 Å². The lowest BCUT2D eigenvalue weighted by atomic mass is 10.1. The molecule has 0 aliphatic carbocycles. The van der Waals surface area contributed by atoms with E-state index in [4.69, 9.17) is 0 Å². The molecule has 0 saturated carbocycles. The second kappa shape index (κ2) is 6.00. The molecule has 3 rings (SSSR count). The second-order valence-electron chi connectivity index (χ2n) is 5.91. The summed E-state index contributed by atoms with van der Waals surface area (Å²) in [6.07, 6.45) is 2.97. The number of para-hydroxylation sites is 1. The van der Waals surface area contributed by atoms with Gasteiger partial charge in [-0.05, 0) is 38.9 Å². The molecule has 1 N–H and O–H groups in total. The number of hydrogen-bond acceptors (Lipinski definition) is 3. The Morgan fingerprint density at radius 2 is 1.95 bits per heavy atom. The second-order valence-corrected chi connectivity index (χ2v) is 5.91. The van der Waals surface area contributed by atoms with Gasteiger partial charge in [0, 0.05) is 28.7 Å². The van der Waals surface area contributed by atoms with Gasteiger partial charge < -0.3 is 14.6 Å². The number of nitrogens with zero attached hydrogens (tertiary/aromatic N) is 2. The van der Waals surface area contributed by atoms with Gasteiger partial charge in [0.15, 0.2) is 6.29 Å². The first-order valence-electron chi connectivity index (χ1n) is 7.64. The maximum Gasteiger partial charge on any atom is 0.152 e. The lowest BCUT2D eigenvalue weighted by Crippen LogP contribution is -2.32. The molecule has 1 atom stereocenters. The number of rotatable bonds is 5. The molecule has 1 aromatic heterocycles. The molecule has 4 heteroatoms. The van der Waals surface area contributed by atoms with E-state index in [-0.39, 0.29) is 0 Å². The predicted octanol–water partition coefficient (Wildman–Crippen LogP) is 2.22. The third-order valence-electron chi connectivity index (χ3n) is 4.46. The van der Waals surface area contributed by atoms with Gasteiger partial charge in [-0.3, -0.25) is 4.79 Å². The summed E-state index contributed by atoms with van der Waals surface area (Å²) >= 11 is 0. The molecule has 0 unspecified atom stereocenters. The average molecular weight is 286 g/mol. The van der Waals surface area contributed by atoms with Crippen LogP contribution in [0.1, 0.15) is 28.9 Å². The molecule has 0 amide bonds. The van der Waals surface area contributed by atoms with Gasteiger partial charge in [-0.25, -0.2) is 0 Å². The van der Waals surface area contributed by atoms with Crippen LogP contribution in [0, 0.1) is 6.92 Å². The number of aliphatic hydroxyl groups is 1. The van der Waals surface area contributed by atoms with Gasteiger partial charge in [-0.2, -0.15) is 0 Å². The molecule has 0 spiro atoms. The first-order chi connectivity index (χ1) is 10.2. The molecular formula is C17H22N2O2. The summed E-state index contributed by atoms with van der Waals surface area (Å²) in [7, 11) is 0. The van der Waals surface area contributed by atoms with Crippen molar-refractivity contribution < 1.29 is 9.90 Å². The summed E-state index contributed by atoms with van der Waals surface area (Å²) in [5.41, 5.74) is 2.70. The number of carbonyl (C=O) groups is 1. The first kappa shape index (κ1) is 14.3. The fourth-order valence-corrected chi connectivity index (χ4v) is 3.37. The standard InChI is InChI=1S/C17H22N2O2/c1-13-16(12-20)15-6-2-3-7-17(15)19(13)11-14(21)10-18-8-4-5-9-18/h2-3,6-7,12,14,21H,4-5,8-11H2,1H3/t14-/m1/s1. The summed E-state index contributed by atoms with van der Waals surface area (Å²) in [4.78, 5) is 13.6. The smallest absolute Gasteiger partial charge is 0.152 e. The molecule has 1 fully saturated rings. The summed E-state index contributed by atoms with van der Waals surface area (Å²) in [5, 5.41) is 11.3. The molecule has 1 aromatic carbocycles. The highest BCUT2D eigenvalue weighted by molar-refractivity contribution is 5.99. The van der Waals surface area contributed by atoms with Crippen LogP contribution in [0.4, 0.5) is 0 Å². The van der Waals surface area contributed by atoms with E-state index < -0.39 is 6.10 Å². The van der Waals surface area contributed by atoms with Crippen molar-refractivity contribution in [3.8, 4) is 0 Å². The molecule has 1 aliphatic rings. The third-order valence-corrected chi connectivity index (χ3v) is 4.46. The Balaban J connectivity index is 1.85. The van der Waals surface area contributed by atoms with Crippen LogP contribution in [-0.4, -0.2) is 46.6 Å². The Labute approximate surface area is 125 Å². The number of aliphatic hydroxyl groups excluding tert-OH is 1. The Morgan fingerprint density at radius 1 is 1.24 bits per heavy atom. The van der Waals surface area contributed by atoms with Gasteiger partial charge in [0.2, 0.25) is 0 Å². The highest BCUT2D eigenvalue weighted by atomic mass is 16.3. The lowest BCUT2D eigenvalue weighted by molar-refractivity contribution is 0.109. The van der Waals surface area contributed by atoms with Gasteiger partial charge in [0.05, 0.1) is 12.6 Å². The monoisotopic (exact) mass is 286 g/mol. The summed E-state index contributed by atoms with van der Waals surface area (Å²) in [5.74, 6) is 0. The van der Waals surface area contributed by atoms with Crippen molar-refractivity contribution in [1.29, 1.82) is 0 Å². The van der Waals surface area contributed by atoms with Crippen molar-refractivity contribution in [1.82, 2.24) is 9.47 Å². The van der Waals surface area contributed by atoms with E-state index in [1.165, 1.54) is 12.8 Å². The number of aromatic nitrogens is 1. The van der Waals surface area contributed by atoms with E-state index >= 15 is 0 Å². The lowest BCUT2D eigenvalue weighted by Gasteiger charge is -2.20. The number of hydrogen-bond donors (Lipinski definition) is 1. The van der Waals surface area contributed by atoms with Crippen LogP contribution in [0.5, 0.6) is 0 Å². The normalized spacial score (nSPS) is 17.4. The number of β-amino-alcohol motifs (C(OH)–C–C–N with tert-alkyl or cyclic N) is 1.